The Morgan fingerprint density at radius 3 is 2.79 bits per heavy atom. The first kappa shape index (κ1) is 13.7. The molecule has 0 aliphatic rings. The number of halogens is 2. The van der Waals surface area contributed by atoms with Gasteiger partial charge in [-0.25, -0.2) is 9.37 Å². The molecule has 0 saturated heterocycles. The fourth-order valence-corrected chi connectivity index (χ4v) is 2.08. The highest BCUT2D eigenvalue weighted by Gasteiger charge is 2.10. The monoisotopic (exact) mass is 322 g/mol. The number of aryl methyl sites for hydroxylation is 1. The van der Waals surface area contributed by atoms with E-state index >= 15 is 0 Å². The number of hydrogen-bond donors (Lipinski definition) is 1. The largest absolute Gasteiger partial charge is 0.320 e. The van der Waals surface area contributed by atoms with Crippen LogP contribution in [0.3, 0.4) is 0 Å². The van der Waals surface area contributed by atoms with Gasteiger partial charge in [0.2, 0.25) is 0 Å². The number of carbonyl (C=O) groups excluding carboxylic acids is 1. The fraction of sp³-hybridized carbons (Fsp3) is 0.143. The van der Waals surface area contributed by atoms with E-state index < -0.39 is 5.82 Å². The zero-order valence-electron chi connectivity index (χ0n) is 10.3. The van der Waals surface area contributed by atoms with Gasteiger partial charge in [-0.15, -0.1) is 0 Å². The number of aromatic nitrogens is 1. The number of nitrogens with zero attached hydrogens (tertiary/aromatic N) is 1. The first-order chi connectivity index (χ1) is 9.10. The van der Waals surface area contributed by atoms with Gasteiger partial charge in [-0.1, -0.05) is 22.9 Å². The molecule has 1 amide bonds. The summed E-state index contributed by atoms with van der Waals surface area (Å²) >= 11 is 3.39. The predicted molar refractivity (Wildman–Crippen MR) is 75.7 cm³/mol. The minimum atomic E-state index is -0.463. The highest BCUT2D eigenvalue weighted by molar-refractivity contribution is 9.10. The molecular weight excluding hydrogens is 311 g/mol. The number of carbonyl (C=O) groups is 1. The summed E-state index contributed by atoms with van der Waals surface area (Å²) in [6, 6.07) is 8.20. The van der Waals surface area contributed by atoms with Crippen molar-refractivity contribution in [3.63, 3.8) is 0 Å². The number of amides is 1. The Labute approximate surface area is 119 Å². The van der Waals surface area contributed by atoms with Crippen LogP contribution >= 0.6 is 15.9 Å². The molecule has 0 unspecified atom stereocenters. The summed E-state index contributed by atoms with van der Waals surface area (Å²) < 4.78 is 13.7. The molecule has 5 heteroatoms. The van der Waals surface area contributed by atoms with E-state index in [1.54, 1.807) is 0 Å². The molecule has 0 bridgehead atoms. The number of nitrogens with one attached hydrogen (secondary N) is 1. The van der Waals surface area contributed by atoms with Crippen LogP contribution in [-0.2, 0) is 6.42 Å². The van der Waals surface area contributed by atoms with Gasteiger partial charge in [0.05, 0.1) is 6.20 Å². The summed E-state index contributed by atoms with van der Waals surface area (Å²) in [5.74, 6) is -0.813. The van der Waals surface area contributed by atoms with Crippen molar-refractivity contribution in [2.24, 2.45) is 0 Å². The Kier molecular flexibility index (Phi) is 4.27. The van der Waals surface area contributed by atoms with Crippen LogP contribution in [-0.4, -0.2) is 10.9 Å². The van der Waals surface area contributed by atoms with Gasteiger partial charge in [-0.05, 0) is 42.3 Å². The summed E-state index contributed by atoms with van der Waals surface area (Å²) in [4.78, 5) is 15.7. The Bertz CT molecular complexity index is 599. The van der Waals surface area contributed by atoms with Crippen molar-refractivity contribution in [2.45, 2.75) is 13.3 Å². The van der Waals surface area contributed by atoms with Gasteiger partial charge in [0.25, 0.3) is 5.91 Å². The molecule has 0 saturated carbocycles. The van der Waals surface area contributed by atoms with Crippen molar-refractivity contribution in [3.05, 3.63) is 58.1 Å². The van der Waals surface area contributed by atoms with Gasteiger partial charge >= 0.3 is 0 Å². The van der Waals surface area contributed by atoms with E-state index in [0.717, 1.165) is 28.3 Å². The van der Waals surface area contributed by atoms with Crippen LogP contribution in [0.1, 0.15) is 23.0 Å². The number of benzene rings is 1. The molecule has 3 nitrogen and oxygen atoms in total. The van der Waals surface area contributed by atoms with E-state index in [-0.39, 0.29) is 11.6 Å². The second-order valence-corrected chi connectivity index (χ2v) is 4.89. The minimum absolute atomic E-state index is 0.186. The number of anilines is 1. The molecule has 2 aromatic rings. The predicted octanol–water partition coefficient (Wildman–Crippen LogP) is 3.80. The second-order valence-electron chi connectivity index (χ2n) is 3.97. The van der Waals surface area contributed by atoms with Crippen molar-refractivity contribution in [1.29, 1.82) is 0 Å². The zero-order chi connectivity index (χ0) is 13.8. The van der Waals surface area contributed by atoms with E-state index in [4.69, 9.17) is 0 Å². The van der Waals surface area contributed by atoms with Gasteiger partial charge < -0.3 is 5.32 Å². The third-order valence-electron chi connectivity index (χ3n) is 2.66. The zero-order valence-corrected chi connectivity index (χ0v) is 11.9. The van der Waals surface area contributed by atoms with Gasteiger partial charge in [0, 0.05) is 10.2 Å². The molecule has 0 aliphatic carbocycles. The Morgan fingerprint density at radius 1 is 1.37 bits per heavy atom. The summed E-state index contributed by atoms with van der Waals surface area (Å²) in [6.45, 7) is 2.01. The van der Waals surface area contributed by atoms with E-state index in [0.29, 0.717) is 0 Å². The number of hydrogen-bond acceptors (Lipinski definition) is 2. The molecule has 98 valence electrons. The van der Waals surface area contributed by atoms with Crippen LogP contribution in [0.2, 0.25) is 0 Å². The summed E-state index contributed by atoms with van der Waals surface area (Å²) in [6.07, 6.45) is 1.82. The molecule has 1 aromatic carbocycles. The molecule has 0 aliphatic heterocycles. The maximum atomic E-state index is 12.7. The lowest BCUT2D eigenvalue weighted by Crippen LogP contribution is -2.14. The molecule has 19 heavy (non-hydrogen) atoms. The van der Waals surface area contributed by atoms with Crippen molar-refractivity contribution in [2.75, 3.05) is 5.32 Å². The average Bonchev–Trinajstić information content (AvgIpc) is 2.41. The van der Waals surface area contributed by atoms with Crippen LogP contribution < -0.4 is 5.32 Å². The standard InChI is InChI=1S/C14H12BrFN2O/c1-2-9-7-10(15)3-5-12(9)18-14(19)13-6-4-11(16)8-17-13/h3-8H,2H2,1H3,(H,18,19). The molecule has 0 radical (unpaired) electrons. The maximum absolute atomic E-state index is 12.7. The molecule has 0 fully saturated rings. The molecule has 0 atom stereocenters. The van der Waals surface area contributed by atoms with Gasteiger partial charge in [-0.3, -0.25) is 4.79 Å². The normalized spacial score (nSPS) is 10.3. The quantitative estimate of drug-likeness (QED) is 0.933. The van der Waals surface area contributed by atoms with Gasteiger partial charge in [0.15, 0.2) is 0 Å². The lowest BCUT2D eigenvalue weighted by atomic mass is 10.1. The highest BCUT2D eigenvalue weighted by atomic mass is 79.9. The van der Waals surface area contributed by atoms with Crippen molar-refractivity contribution < 1.29 is 9.18 Å². The maximum Gasteiger partial charge on any atom is 0.274 e. The van der Waals surface area contributed by atoms with E-state index in [9.17, 15) is 9.18 Å². The van der Waals surface area contributed by atoms with Crippen molar-refractivity contribution in [1.82, 2.24) is 4.98 Å². The summed E-state index contributed by atoms with van der Waals surface area (Å²) in [5, 5.41) is 2.78. The smallest absolute Gasteiger partial charge is 0.274 e. The fourth-order valence-electron chi connectivity index (χ4n) is 1.67. The van der Waals surface area contributed by atoms with Crippen LogP contribution in [0, 0.1) is 5.82 Å². The minimum Gasteiger partial charge on any atom is -0.320 e. The Balaban J connectivity index is 2.21. The van der Waals surface area contributed by atoms with E-state index in [1.807, 2.05) is 25.1 Å². The summed E-state index contributed by atoms with van der Waals surface area (Å²) in [5.41, 5.74) is 1.94. The average molecular weight is 323 g/mol. The molecule has 1 N–H and O–H groups in total. The first-order valence-corrected chi connectivity index (χ1v) is 6.60. The molecule has 1 heterocycles. The highest BCUT2D eigenvalue weighted by Crippen LogP contribution is 2.22. The van der Waals surface area contributed by atoms with E-state index in [2.05, 4.69) is 26.2 Å². The van der Waals surface area contributed by atoms with Crippen LogP contribution in [0.5, 0.6) is 0 Å². The number of rotatable bonds is 3. The van der Waals surface area contributed by atoms with Crippen LogP contribution in [0.4, 0.5) is 10.1 Å². The Hall–Kier alpha value is -1.75. The third kappa shape index (κ3) is 3.38. The Morgan fingerprint density at radius 2 is 2.16 bits per heavy atom. The lowest BCUT2D eigenvalue weighted by molar-refractivity contribution is 0.102. The summed E-state index contributed by atoms with van der Waals surface area (Å²) in [7, 11) is 0. The molecule has 0 spiro atoms. The van der Waals surface area contributed by atoms with Crippen molar-refractivity contribution >= 4 is 27.5 Å². The second kappa shape index (κ2) is 5.93. The number of pyridine rings is 1. The SMILES string of the molecule is CCc1cc(Br)ccc1NC(=O)c1ccc(F)cn1. The van der Waals surface area contributed by atoms with Crippen LogP contribution in [0.25, 0.3) is 0 Å². The third-order valence-corrected chi connectivity index (χ3v) is 3.15. The first-order valence-electron chi connectivity index (χ1n) is 5.81. The molecule has 1 aromatic heterocycles. The van der Waals surface area contributed by atoms with Gasteiger partial charge in [-0.2, -0.15) is 0 Å². The van der Waals surface area contributed by atoms with E-state index in [1.165, 1.54) is 12.1 Å². The molecular formula is C14H12BrFN2O. The van der Waals surface area contributed by atoms with Gasteiger partial charge in [0.1, 0.15) is 11.5 Å². The molecule has 2 rings (SSSR count). The van der Waals surface area contributed by atoms with Crippen LogP contribution in [0.15, 0.2) is 41.0 Å². The topological polar surface area (TPSA) is 42.0 Å². The van der Waals surface area contributed by atoms with Crippen molar-refractivity contribution in [3.8, 4) is 0 Å². The lowest BCUT2D eigenvalue weighted by Gasteiger charge is -2.10.